The third-order valence-electron chi connectivity index (χ3n) is 11.2. The Kier molecular flexibility index (Phi) is 15.7. The lowest BCUT2D eigenvalue weighted by Crippen LogP contribution is -2.56. The molecule has 0 unspecified atom stereocenters. The summed E-state index contributed by atoms with van der Waals surface area (Å²) in [5, 5.41) is 107. The van der Waals surface area contributed by atoms with Crippen LogP contribution in [0.15, 0.2) is 30.5 Å². The van der Waals surface area contributed by atoms with Crippen molar-refractivity contribution in [1.29, 1.82) is 0 Å². The van der Waals surface area contributed by atoms with Gasteiger partial charge < -0.3 is 72.4 Å². The summed E-state index contributed by atoms with van der Waals surface area (Å²) in [5.41, 5.74) is 9.09. The summed E-state index contributed by atoms with van der Waals surface area (Å²) in [7, 11) is 0. The van der Waals surface area contributed by atoms with Crippen molar-refractivity contribution in [3.8, 4) is 0 Å². The molecule has 1 aromatic carbocycles. The number of nitrogens with two attached hydrogens (primary N) is 1. The second-order valence-corrected chi connectivity index (χ2v) is 15.0. The summed E-state index contributed by atoms with van der Waals surface area (Å²) in [6.45, 7) is 2.72. The van der Waals surface area contributed by atoms with Gasteiger partial charge in [-0.2, -0.15) is 0 Å². The first-order valence-corrected chi connectivity index (χ1v) is 19.8. The summed E-state index contributed by atoms with van der Waals surface area (Å²) in [4.78, 5) is 39.9. The number of H-pyrrole nitrogens is 1. The molecule has 5 rings (SSSR count). The molecule has 1 fully saturated rings. The molecule has 1 aliphatic carbocycles. The number of aromatic amines is 1. The molecule has 0 saturated heterocycles. The van der Waals surface area contributed by atoms with Crippen LogP contribution in [-0.4, -0.2) is 175 Å². The van der Waals surface area contributed by atoms with Gasteiger partial charge in [0.25, 0.3) is 17.6 Å². The van der Waals surface area contributed by atoms with Crippen molar-refractivity contribution < 1.29 is 65.2 Å². The van der Waals surface area contributed by atoms with Gasteiger partial charge in [-0.1, -0.05) is 0 Å². The average Bonchev–Trinajstić information content (AvgIpc) is 3.83. The van der Waals surface area contributed by atoms with Gasteiger partial charge in [-0.15, -0.1) is 0 Å². The van der Waals surface area contributed by atoms with Crippen molar-refractivity contribution in [2.24, 2.45) is 0 Å². The highest BCUT2D eigenvalue weighted by Gasteiger charge is 2.37. The summed E-state index contributed by atoms with van der Waals surface area (Å²) in [6.07, 6.45) is -11.0. The van der Waals surface area contributed by atoms with Gasteiger partial charge in [-0.05, 0) is 57.7 Å². The van der Waals surface area contributed by atoms with Crippen LogP contribution in [0, 0.1) is 0 Å². The van der Waals surface area contributed by atoms with E-state index in [2.05, 4.69) is 30.2 Å². The number of hydrogen-bond acceptors (Lipinski definition) is 16. The zero-order valence-corrected chi connectivity index (χ0v) is 33.0. The van der Waals surface area contributed by atoms with E-state index in [0.29, 0.717) is 55.5 Å². The maximum absolute atomic E-state index is 13.7. The molecule has 0 radical (unpaired) electrons. The first-order valence-electron chi connectivity index (χ1n) is 19.8. The van der Waals surface area contributed by atoms with Gasteiger partial charge in [0.2, 0.25) is 0 Å². The van der Waals surface area contributed by atoms with Crippen molar-refractivity contribution in [1.82, 2.24) is 35.1 Å². The van der Waals surface area contributed by atoms with E-state index in [4.69, 9.17) is 5.73 Å². The number of aliphatic hydroxyl groups excluding tert-OH is 10. The predicted molar refractivity (Wildman–Crippen MR) is 210 cm³/mol. The van der Waals surface area contributed by atoms with Crippen molar-refractivity contribution in [2.45, 2.75) is 120 Å². The fraction of sp³-hybridized carbons (Fsp3) is 0.605. The van der Waals surface area contributed by atoms with E-state index in [1.807, 2.05) is 24.5 Å². The third kappa shape index (κ3) is 10.3. The van der Waals surface area contributed by atoms with E-state index in [1.54, 1.807) is 24.4 Å². The fourth-order valence-electron chi connectivity index (χ4n) is 7.77. The fourth-order valence-corrected chi connectivity index (χ4v) is 7.77. The largest absolute Gasteiger partial charge is 0.394 e. The molecule has 1 saturated carbocycles. The van der Waals surface area contributed by atoms with E-state index in [-0.39, 0.29) is 49.1 Å². The van der Waals surface area contributed by atoms with Gasteiger partial charge >= 0.3 is 0 Å². The average molecular weight is 833 g/mol. The topological polar surface area (TPSA) is 340 Å². The lowest BCUT2D eigenvalue weighted by molar-refractivity contribution is -0.676. The van der Waals surface area contributed by atoms with E-state index in [9.17, 15) is 60.7 Å². The zero-order chi connectivity index (χ0) is 43.1. The van der Waals surface area contributed by atoms with Crippen LogP contribution in [0.5, 0.6) is 0 Å². The molecule has 21 heteroatoms. The molecule has 59 heavy (non-hydrogen) atoms. The number of rotatable bonds is 20. The van der Waals surface area contributed by atoms with Gasteiger partial charge in [0.1, 0.15) is 48.7 Å². The van der Waals surface area contributed by atoms with Crippen LogP contribution in [-0.2, 0) is 19.6 Å². The van der Waals surface area contributed by atoms with Gasteiger partial charge in [0.15, 0.2) is 28.2 Å². The molecule has 0 bridgehead atoms. The van der Waals surface area contributed by atoms with Crippen molar-refractivity contribution in [3.63, 3.8) is 0 Å². The summed E-state index contributed by atoms with van der Waals surface area (Å²) in [6, 6.07) is 6.42. The highest BCUT2D eigenvalue weighted by Crippen LogP contribution is 2.26. The molecule has 4 aromatic rings. The monoisotopic (exact) mass is 832 g/mol. The van der Waals surface area contributed by atoms with Crippen LogP contribution in [0.25, 0.3) is 22.2 Å². The normalized spacial score (nSPS) is 20.2. The molecule has 1 aliphatic rings. The number of imidazole rings is 1. The minimum absolute atomic E-state index is 0.00395. The summed E-state index contributed by atoms with van der Waals surface area (Å²) in [5.74, 6) is -0.00667. The van der Waals surface area contributed by atoms with Crippen LogP contribution in [0.1, 0.15) is 66.2 Å². The van der Waals surface area contributed by atoms with E-state index in [0.717, 1.165) is 16.9 Å². The quantitative estimate of drug-likeness (QED) is 0.0377. The smallest absolute Gasteiger partial charge is 0.277 e. The number of amides is 2. The summed E-state index contributed by atoms with van der Waals surface area (Å²) < 4.78 is 4.07. The van der Waals surface area contributed by atoms with Crippen molar-refractivity contribution >= 4 is 39.8 Å². The number of nitrogen functional groups attached to an aromatic ring is 1. The molecule has 2 amide bonds. The van der Waals surface area contributed by atoms with Gasteiger partial charge in [-0.3, -0.25) is 14.5 Å². The third-order valence-corrected chi connectivity index (χ3v) is 11.2. The number of carbonyl (C=O) groups excluding carboxylic acids is 2. The number of aryl methyl sites for hydroxylation is 2. The number of hydrogen-bond donors (Lipinski definition) is 14. The molecule has 15 N–H and O–H groups in total. The van der Waals surface area contributed by atoms with Crippen LogP contribution < -0.4 is 20.9 Å². The van der Waals surface area contributed by atoms with E-state index >= 15 is 0 Å². The number of nitrogens with one attached hydrogen (secondary N) is 3. The SMILES string of the molecule is CCn1c(CNC(=O)c2nc3cc[nH]c3nc2N)[n+](CC)c2ccc(C(=O)N[C@H]3CC[C@H](N(C[C@H](O)[C@@H](O)[C@H](O)[C@H](O)CO)C[C@H](O)[C@@H](O)[C@H](O)[C@H](O)CO)CC3)cc21. The van der Waals surface area contributed by atoms with Crippen molar-refractivity contribution in [2.75, 3.05) is 32.0 Å². The molecule has 326 valence electrons. The maximum atomic E-state index is 13.7. The number of aromatic nitrogens is 5. The lowest BCUT2D eigenvalue weighted by Gasteiger charge is -2.40. The Morgan fingerprint density at radius 3 is 2.02 bits per heavy atom. The van der Waals surface area contributed by atoms with Gasteiger partial charge in [0.05, 0.1) is 38.5 Å². The van der Waals surface area contributed by atoms with Crippen LogP contribution in [0.2, 0.25) is 0 Å². The molecule has 3 aromatic heterocycles. The number of nitrogens with zero attached hydrogens (tertiary/aromatic N) is 5. The van der Waals surface area contributed by atoms with E-state index in [1.165, 1.54) is 4.90 Å². The molecule has 8 atom stereocenters. The van der Waals surface area contributed by atoms with Crippen LogP contribution in [0.3, 0.4) is 0 Å². The molecule has 21 nitrogen and oxygen atoms in total. The second-order valence-electron chi connectivity index (χ2n) is 15.0. The Bertz CT molecular complexity index is 1990. The number of aliphatic hydroxyl groups is 10. The molecule has 0 spiro atoms. The first-order chi connectivity index (χ1) is 28.1. The standard InChI is InChI=1S/C38H57N9O12/c1-3-46-23-10-5-19(13-24(23)47(4-2)29(46)14-41-38(59)30-35(39)44-36-22(43-30)11-12-40-36)37(58)42-20-6-8-21(9-7-20)45(15-25(50)31(54)33(56)27(52)17-48)16-26(51)32(55)34(57)28(53)18-49/h5,10-13,20-21,25-28,31-34,48-57H,3-4,6-9,14-18H2,1-2H3,(H4-,39,40,41,42,43,44,58,59)/p+1/t20-,21-,25-,26-,27+,28+,31+,32+,33+,34+/m0/s1. The Balaban J connectivity index is 1.26. The number of fused-ring (bicyclic) bond motifs is 2. The van der Waals surface area contributed by atoms with Crippen LogP contribution in [0.4, 0.5) is 5.82 Å². The molecular weight excluding hydrogens is 774 g/mol. The van der Waals surface area contributed by atoms with Gasteiger partial charge in [0, 0.05) is 43.0 Å². The van der Waals surface area contributed by atoms with E-state index < -0.39 is 68.0 Å². The van der Waals surface area contributed by atoms with Gasteiger partial charge in [-0.25, -0.2) is 19.1 Å². The molecule has 3 heterocycles. The highest BCUT2D eigenvalue weighted by atomic mass is 16.4. The number of anilines is 1. The Labute approximate surface area is 339 Å². The Hall–Kier alpha value is -4.39. The summed E-state index contributed by atoms with van der Waals surface area (Å²) >= 11 is 0. The predicted octanol–water partition coefficient (Wildman–Crippen LogP) is -4.03. The van der Waals surface area contributed by atoms with Crippen LogP contribution >= 0.6 is 0 Å². The van der Waals surface area contributed by atoms with Crippen molar-refractivity contribution in [3.05, 3.63) is 47.5 Å². The maximum Gasteiger partial charge on any atom is 0.277 e. The minimum atomic E-state index is -1.90. The molecular formula is C38H58N9O12+. The second kappa shape index (κ2) is 20.2. The highest BCUT2D eigenvalue weighted by molar-refractivity contribution is 5.98. The number of benzene rings is 1. The lowest BCUT2D eigenvalue weighted by atomic mass is 9.89. The first kappa shape index (κ1) is 45.7. The Morgan fingerprint density at radius 2 is 1.46 bits per heavy atom. The minimum Gasteiger partial charge on any atom is -0.394 e. The Morgan fingerprint density at radius 1 is 0.864 bits per heavy atom. The zero-order valence-electron chi connectivity index (χ0n) is 33.0. The molecule has 0 aliphatic heterocycles. The number of carbonyl (C=O) groups is 2.